The van der Waals surface area contributed by atoms with Crippen LogP contribution in [0.15, 0.2) is 24.3 Å². The van der Waals surface area contributed by atoms with Crippen molar-refractivity contribution in [1.29, 1.82) is 0 Å². The van der Waals surface area contributed by atoms with Crippen molar-refractivity contribution < 1.29 is 4.79 Å². The highest BCUT2D eigenvalue weighted by atomic mass is 16.1. The molecule has 0 aliphatic heterocycles. The van der Waals surface area contributed by atoms with Crippen molar-refractivity contribution in [2.45, 2.75) is 20.4 Å². The Morgan fingerprint density at radius 1 is 1.41 bits per heavy atom. The van der Waals surface area contributed by atoms with Crippen LogP contribution in [0.5, 0.6) is 0 Å². The molecule has 1 heterocycles. The topological polar surface area (TPSA) is 68.0 Å². The second-order valence-electron chi connectivity index (χ2n) is 4.05. The lowest BCUT2D eigenvalue weighted by Crippen LogP contribution is -2.06. The molecule has 0 radical (unpaired) electrons. The van der Waals surface area contributed by atoms with Crippen molar-refractivity contribution in [1.82, 2.24) is 4.98 Å². The van der Waals surface area contributed by atoms with Crippen molar-refractivity contribution in [3.63, 3.8) is 0 Å². The van der Waals surface area contributed by atoms with Crippen molar-refractivity contribution in [3.8, 4) is 0 Å². The number of aryl methyl sites for hydroxylation is 1. The molecule has 0 fully saturated rings. The van der Waals surface area contributed by atoms with Crippen LogP contribution in [-0.4, -0.2) is 10.9 Å². The van der Waals surface area contributed by atoms with Gasteiger partial charge in [-0.05, 0) is 36.8 Å². The molecule has 2 aromatic rings. The summed E-state index contributed by atoms with van der Waals surface area (Å²) in [6, 6.07) is 7.64. The minimum Gasteiger partial charge on any atom is -0.326 e. The van der Waals surface area contributed by atoms with Crippen molar-refractivity contribution in [3.05, 3.63) is 35.5 Å². The fourth-order valence-corrected chi connectivity index (χ4v) is 1.85. The zero-order valence-corrected chi connectivity index (χ0v) is 9.95. The molecule has 0 atom stereocenters. The second-order valence-corrected chi connectivity index (χ2v) is 4.05. The molecule has 3 N–H and O–H groups in total. The van der Waals surface area contributed by atoms with Gasteiger partial charge in [-0.1, -0.05) is 0 Å². The van der Waals surface area contributed by atoms with Gasteiger partial charge < -0.3 is 11.1 Å². The normalized spacial score (nSPS) is 10.5. The zero-order valence-electron chi connectivity index (χ0n) is 9.95. The predicted octanol–water partition coefficient (Wildman–Crippen LogP) is 1.96. The first-order valence-electron chi connectivity index (χ1n) is 5.48. The maximum Gasteiger partial charge on any atom is 0.221 e. The lowest BCUT2D eigenvalue weighted by molar-refractivity contribution is -0.114. The van der Waals surface area contributed by atoms with E-state index in [1.165, 1.54) is 6.92 Å². The van der Waals surface area contributed by atoms with E-state index < -0.39 is 0 Å². The number of carbonyl (C=O) groups excluding carboxylic acids is 1. The molecular formula is C13H15N3O. The summed E-state index contributed by atoms with van der Waals surface area (Å²) in [5.41, 5.74) is 9.27. The molecule has 0 aliphatic carbocycles. The van der Waals surface area contributed by atoms with Gasteiger partial charge in [0.15, 0.2) is 0 Å². The van der Waals surface area contributed by atoms with Gasteiger partial charge in [-0.25, -0.2) is 0 Å². The van der Waals surface area contributed by atoms with E-state index in [0.29, 0.717) is 6.54 Å². The molecule has 0 aliphatic rings. The number of hydrogen-bond donors (Lipinski definition) is 2. The van der Waals surface area contributed by atoms with Crippen LogP contribution in [0.3, 0.4) is 0 Å². The quantitative estimate of drug-likeness (QED) is 0.827. The molecule has 17 heavy (non-hydrogen) atoms. The summed E-state index contributed by atoms with van der Waals surface area (Å²) >= 11 is 0. The van der Waals surface area contributed by atoms with Gasteiger partial charge in [-0.3, -0.25) is 9.78 Å². The highest BCUT2D eigenvalue weighted by molar-refractivity contribution is 5.93. The first-order chi connectivity index (χ1) is 8.10. The summed E-state index contributed by atoms with van der Waals surface area (Å²) in [6.45, 7) is 3.94. The molecule has 0 bridgehead atoms. The van der Waals surface area contributed by atoms with Gasteiger partial charge in [-0.15, -0.1) is 0 Å². The minimum atomic E-state index is -0.0754. The first-order valence-corrected chi connectivity index (χ1v) is 5.48. The summed E-state index contributed by atoms with van der Waals surface area (Å²) < 4.78 is 0. The number of benzene rings is 1. The number of carbonyl (C=O) groups is 1. The first kappa shape index (κ1) is 11.5. The maximum absolute atomic E-state index is 11.0. The Labute approximate surface area is 99.8 Å². The molecule has 1 aromatic heterocycles. The van der Waals surface area contributed by atoms with Crippen molar-refractivity contribution >= 4 is 22.5 Å². The summed E-state index contributed by atoms with van der Waals surface area (Å²) in [5, 5.41) is 3.80. The summed E-state index contributed by atoms with van der Waals surface area (Å²) in [7, 11) is 0. The third kappa shape index (κ3) is 2.42. The molecule has 0 saturated heterocycles. The van der Waals surface area contributed by atoms with E-state index in [-0.39, 0.29) is 5.91 Å². The third-order valence-electron chi connectivity index (χ3n) is 2.60. The summed E-state index contributed by atoms with van der Waals surface area (Å²) in [4.78, 5) is 15.4. The predicted molar refractivity (Wildman–Crippen MR) is 68.7 cm³/mol. The lowest BCUT2D eigenvalue weighted by Gasteiger charge is -2.07. The number of aromatic nitrogens is 1. The van der Waals surface area contributed by atoms with Crippen LogP contribution in [0.1, 0.15) is 18.2 Å². The molecule has 4 heteroatoms. The number of hydrogen-bond acceptors (Lipinski definition) is 3. The van der Waals surface area contributed by atoms with Gasteiger partial charge in [0.2, 0.25) is 5.91 Å². The zero-order chi connectivity index (χ0) is 12.4. The highest BCUT2D eigenvalue weighted by Crippen LogP contribution is 2.21. The fourth-order valence-electron chi connectivity index (χ4n) is 1.85. The van der Waals surface area contributed by atoms with Crippen LogP contribution < -0.4 is 11.1 Å². The largest absolute Gasteiger partial charge is 0.326 e. The number of nitrogens with two attached hydrogens (primary N) is 1. The average molecular weight is 229 g/mol. The molecule has 0 unspecified atom stereocenters. The summed E-state index contributed by atoms with van der Waals surface area (Å²) in [6.07, 6.45) is 0. The smallest absolute Gasteiger partial charge is 0.221 e. The standard InChI is InChI=1S/C13H15N3O/c1-8-5-11(7-14)16-13-4-3-10(6-12(8)13)15-9(2)17/h3-6H,7,14H2,1-2H3,(H,15,17). The van der Waals surface area contributed by atoms with E-state index in [0.717, 1.165) is 27.8 Å². The van der Waals surface area contributed by atoms with Gasteiger partial charge in [0.05, 0.1) is 11.2 Å². The Kier molecular flexibility index (Phi) is 3.06. The van der Waals surface area contributed by atoms with Crippen LogP contribution in [0, 0.1) is 6.92 Å². The Hall–Kier alpha value is -1.94. The van der Waals surface area contributed by atoms with Crippen LogP contribution in [-0.2, 0) is 11.3 Å². The van der Waals surface area contributed by atoms with Crippen molar-refractivity contribution in [2.24, 2.45) is 5.73 Å². The average Bonchev–Trinajstić information content (AvgIpc) is 2.29. The van der Waals surface area contributed by atoms with E-state index in [2.05, 4.69) is 10.3 Å². The van der Waals surface area contributed by atoms with Crippen LogP contribution in [0.4, 0.5) is 5.69 Å². The second kappa shape index (κ2) is 4.51. The maximum atomic E-state index is 11.0. The number of anilines is 1. The lowest BCUT2D eigenvalue weighted by atomic mass is 10.1. The monoisotopic (exact) mass is 229 g/mol. The SMILES string of the molecule is CC(=O)Nc1ccc2nc(CN)cc(C)c2c1. The summed E-state index contributed by atoms with van der Waals surface area (Å²) in [5.74, 6) is -0.0754. The number of nitrogens with one attached hydrogen (secondary N) is 1. The number of amides is 1. The van der Waals surface area contributed by atoms with Gasteiger partial charge in [0.1, 0.15) is 0 Å². The van der Waals surface area contributed by atoms with E-state index in [9.17, 15) is 4.79 Å². The number of pyridine rings is 1. The molecule has 88 valence electrons. The fraction of sp³-hybridized carbons (Fsp3) is 0.231. The van der Waals surface area contributed by atoms with Crippen LogP contribution in [0.2, 0.25) is 0 Å². The van der Waals surface area contributed by atoms with E-state index >= 15 is 0 Å². The minimum absolute atomic E-state index is 0.0754. The van der Waals surface area contributed by atoms with Crippen LogP contribution in [0.25, 0.3) is 10.9 Å². The van der Waals surface area contributed by atoms with Gasteiger partial charge in [0.25, 0.3) is 0 Å². The third-order valence-corrected chi connectivity index (χ3v) is 2.60. The van der Waals surface area contributed by atoms with E-state index in [4.69, 9.17) is 5.73 Å². The van der Waals surface area contributed by atoms with Gasteiger partial charge in [-0.2, -0.15) is 0 Å². The Bertz CT molecular complexity index is 578. The van der Waals surface area contributed by atoms with Gasteiger partial charge >= 0.3 is 0 Å². The van der Waals surface area contributed by atoms with Crippen LogP contribution >= 0.6 is 0 Å². The Morgan fingerprint density at radius 2 is 2.18 bits per heavy atom. The number of nitrogens with zero attached hydrogens (tertiary/aromatic N) is 1. The molecule has 2 rings (SSSR count). The van der Waals surface area contributed by atoms with E-state index in [1.54, 1.807) is 0 Å². The molecule has 4 nitrogen and oxygen atoms in total. The highest BCUT2D eigenvalue weighted by Gasteiger charge is 2.04. The molecule has 0 saturated carbocycles. The van der Waals surface area contributed by atoms with Crippen molar-refractivity contribution in [2.75, 3.05) is 5.32 Å². The molecule has 1 amide bonds. The van der Waals surface area contributed by atoms with E-state index in [1.807, 2.05) is 31.2 Å². The number of fused-ring (bicyclic) bond motifs is 1. The Morgan fingerprint density at radius 3 is 2.82 bits per heavy atom. The molecule has 0 spiro atoms. The molecule has 1 aromatic carbocycles. The molecular weight excluding hydrogens is 214 g/mol. The number of rotatable bonds is 2. The van der Waals surface area contributed by atoms with Gasteiger partial charge in [0, 0.05) is 24.5 Å². The Balaban J connectivity index is 2.54.